The van der Waals surface area contributed by atoms with E-state index in [9.17, 15) is 4.79 Å². The molecule has 1 amide bonds. The summed E-state index contributed by atoms with van der Waals surface area (Å²) in [5.41, 5.74) is 0.785. The Bertz CT molecular complexity index is 397. The molecule has 0 saturated heterocycles. The van der Waals surface area contributed by atoms with Gasteiger partial charge in [0.25, 0.3) is 0 Å². The average Bonchev–Trinajstić information content (AvgIpc) is 2.59. The molecule has 1 saturated carbocycles. The molecular formula is C12H17ClN2OS. The molecule has 0 spiro atoms. The van der Waals surface area contributed by atoms with Gasteiger partial charge in [0.2, 0.25) is 5.91 Å². The van der Waals surface area contributed by atoms with Crippen LogP contribution in [0.5, 0.6) is 0 Å². The second-order valence-corrected chi connectivity index (χ2v) is 5.74. The third-order valence-corrected chi connectivity index (χ3v) is 4.68. The van der Waals surface area contributed by atoms with Gasteiger partial charge in [-0.2, -0.15) is 4.37 Å². The molecule has 1 aliphatic rings. The molecule has 0 aromatic carbocycles. The van der Waals surface area contributed by atoms with Crippen LogP contribution in [0.3, 0.4) is 0 Å². The lowest BCUT2D eigenvalue weighted by molar-refractivity contribution is -0.120. The average molecular weight is 273 g/mol. The Hall–Kier alpha value is -0.610. The van der Waals surface area contributed by atoms with Gasteiger partial charge in [-0.05, 0) is 31.3 Å². The Morgan fingerprint density at radius 3 is 2.53 bits per heavy atom. The van der Waals surface area contributed by atoms with E-state index in [1.165, 1.54) is 24.4 Å². The smallest absolute Gasteiger partial charge is 0.228 e. The highest BCUT2D eigenvalue weighted by Crippen LogP contribution is 2.31. The molecule has 1 heterocycles. The van der Waals surface area contributed by atoms with Gasteiger partial charge in [-0.25, -0.2) is 0 Å². The maximum atomic E-state index is 12.1. The molecule has 94 valence electrons. The van der Waals surface area contributed by atoms with Gasteiger partial charge >= 0.3 is 0 Å². The highest BCUT2D eigenvalue weighted by molar-refractivity contribution is 7.11. The Morgan fingerprint density at radius 2 is 2.00 bits per heavy atom. The van der Waals surface area contributed by atoms with Crippen molar-refractivity contribution in [3.8, 4) is 0 Å². The van der Waals surface area contributed by atoms with Crippen molar-refractivity contribution < 1.29 is 4.79 Å². The summed E-state index contributed by atoms with van der Waals surface area (Å²) in [5, 5.41) is 4.19. The summed E-state index contributed by atoms with van der Waals surface area (Å²) < 4.78 is 4.13. The van der Waals surface area contributed by atoms with Crippen molar-refractivity contribution in [3.63, 3.8) is 0 Å². The van der Waals surface area contributed by atoms with Gasteiger partial charge in [0, 0.05) is 5.92 Å². The Balaban J connectivity index is 1.98. The fourth-order valence-corrected chi connectivity index (χ4v) is 3.13. The van der Waals surface area contributed by atoms with E-state index in [0.29, 0.717) is 10.0 Å². The standard InChI is InChI=1S/C12H17ClN2OS/c1-8-10(13)12(17-15-8)14-11(16)9-6-4-2-3-5-7-9/h9H,2-7H2,1H3,(H,14,16). The number of rotatable bonds is 2. The van der Waals surface area contributed by atoms with Crippen LogP contribution in [0.1, 0.15) is 44.2 Å². The summed E-state index contributed by atoms with van der Waals surface area (Å²) >= 11 is 7.32. The second-order valence-electron chi connectivity index (χ2n) is 4.59. The van der Waals surface area contributed by atoms with E-state index in [1.807, 2.05) is 6.92 Å². The van der Waals surface area contributed by atoms with Crippen molar-refractivity contribution in [2.45, 2.75) is 45.4 Å². The zero-order valence-electron chi connectivity index (χ0n) is 9.96. The molecule has 0 atom stereocenters. The summed E-state index contributed by atoms with van der Waals surface area (Å²) in [6.45, 7) is 1.85. The number of nitrogens with zero attached hydrogens (tertiary/aromatic N) is 1. The molecule has 1 aromatic heterocycles. The van der Waals surface area contributed by atoms with Crippen molar-refractivity contribution in [2.75, 3.05) is 5.32 Å². The van der Waals surface area contributed by atoms with Crippen LogP contribution in [0.4, 0.5) is 5.00 Å². The van der Waals surface area contributed by atoms with Crippen LogP contribution < -0.4 is 5.32 Å². The molecular weight excluding hydrogens is 256 g/mol. The number of halogens is 1. The van der Waals surface area contributed by atoms with Gasteiger partial charge in [0.1, 0.15) is 5.00 Å². The molecule has 0 bridgehead atoms. The van der Waals surface area contributed by atoms with Crippen molar-refractivity contribution in [2.24, 2.45) is 5.92 Å². The number of hydrogen-bond donors (Lipinski definition) is 1. The molecule has 2 rings (SSSR count). The first-order valence-electron chi connectivity index (χ1n) is 6.11. The Kier molecular flexibility index (Phi) is 4.40. The van der Waals surface area contributed by atoms with Gasteiger partial charge < -0.3 is 5.32 Å². The van der Waals surface area contributed by atoms with E-state index in [-0.39, 0.29) is 11.8 Å². The monoisotopic (exact) mass is 272 g/mol. The van der Waals surface area contributed by atoms with E-state index in [2.05, 4.69) is 9.69 Å². The van der Waals surface area contributed by atoms with Crippen LogP contribution in [0.2, 0.25) is 5.02 Å². The summed E-state index contributed by atoms with van der Waals surface area (Å²) in [4.78, 5) is 12.1. The van der Waals surface area contributed by atoms with Crippen molar-refractivity contribution in [1.82, 2.24) is 4.37 Å². The third kappa shape index (κ3) is 3.19. The molecule has 1 fully saturated rings. The number of nitrogens with one attached hydrogen (secondary N) is 1. The number of anilines is 1. The number of carbonyl (C=O) groups is 1. The van der Waals surface area contributed by atoms with Crippen molar-refractivity contribution >= 4 is 34.0 Å². The lowest BCUT2D eigenvalue weighted by Crippen LogP contribution is -2.21. The largest absolute Gasteiger partial charge is 0.315 e. The summed E-state index contributed by atoms with van der Waals surface area (Å²) in [7, 11) is 0. The molecule has 0 aliphatic heterocycles. The summed E-state index contributed by atoms with van der Waals surface area (Å²) in [5.74, 6) is 0.258. The number of aryl methyl sites for hydroxylation is 1. The predicted molar refractivity (Wildman–Crippen MR) is 71.7 cm³/mol. The van der Waals surface area contributed by atoms with E-state index < -0.39 is 0 Å². The lowest BCUT2D eigenvalue weighted by Gasteiger charge is -2.12. The maximum absolute atomic E-state index is 12.1. The molecule has 1 aliphatic carbocycles. The number of amides is 1. The van der Waals surface area contributed by atoms with Crippen LogP contribution in [0, 0.1) is 12.8 Å². The maximum Gasteiger partial charge on any atom is 0.228 e. The zero-order valence-corrected chi connectivity index (χ0v) is 11.5. The zero-order chi connectivity index (χ0) is 12.3. The van der Waals surface area contributed by atoms with Gasteiger partial charge in [0.05, 0.1) is 10.7 Å². The van der Waals surface area contributed by atoms with Crippen LogP contribution in [-0.4, -0.2) is 10.3 Å². The Labute approximate surface area is 111 Å². The summed E-state index contributed by atoms with van der Waals surface area (Å²) in [6.07, 6.45) is 6.83. The molecule has 0 unspecified atom stereocenters. The SMILES string of the molecule is Cc1nsc(NC(=O)C2CCCCCC2)c1Cl. The van der Waals surface area contributed by atoms with Crippen LogP contribution >= 0.6 is 23.1 Å². The molecule has 1 N–H and O–H groups in total. The first kappa shape index (κ1) is 12.8. The first-order valence-corrected chi connectivity index (χ1v) is 7.26. The highest BCUT2D eigenvalue weighted by atomic mass is 35.5. The topological polar surface area (TPSA) is 42.0 Å². The van der Waals surface area contributed by atoms with Crippen molar-refractivity contribution in [1.29, 1.82) is 0 Å². The van der Waals surface area contributed by atoms with Crippen LogP contribution in [0.15, 0.2) is 0 Å². The molecule has 0 radical (unpaired) electrons. The number of hydrogen-bond acceptors (Lipinski definition) is 3. The van der Waals surface area contributed by atoms with Gasteiger partial charge in [0.15, 0.2) is 0 Å². The minimum absolute atomic E-state index is 0.109. The van der Waals surface area contributed by atoms with E-state index in [4.69, 9.17) is 11.6 Å². The molecule has 1 aromatic rings. The molecule has 5 heteroatoms. The van der Waals surface area contributed by atoms with Crippen LogP contribution in [0.25, 0.3) is 0 Å². The predicted octanol–water partition coefficient (Wildman–Crippen LogP) is 4.01. The Morgan fingerprint density at radius 1 is 1.35 bits per heavy atom. The minimum atomic E-state index is 0.109. The fourth-order valence-electron chi connectivity index (χ4n) is 2.19. The van der Waals surface area contributed by atoms with E-state index >= 15 is 0 Å². The van der Waals surface area contributed by atoms with Gasteiger partial charge in [-0.15, -0.1) is 0 Å². The van der Waals surface area contributed by atoms with Gasteiger partial charge in [-0.1, -0.05) is 37.3 Å². The lowest BCUT2D eigenvalue weighted by atomic mass is 10.00. The summed E-state index contributed by atoms with van der Waals surface area (Å²) in [6, 6.07) is 0. The minimum Gasteiger partial charge on any atom is -0.315 e. The molecule has 17 heavy (non-hydrogen) atoms. The second kappa shape index (κ2) is 5.83. The van der Waals surface area contributed by atoms with E-state index in [1.54, 1.807) is 0 Å². The van der Waals surface area contributed by atoms with Crippen LogP contribution in [-0.2, 0) is 4.79 Å². The fraction of sp³-hybridized carbons (Fsp3) is 0.667. The third-order valence-electron chi connectivity index (χ3n) is 3.25. The van der Waals surface area contributed by atoms with Crippen molar-refractivity contribution in [3.05, 3.63) is 10.7 Å². The molecule has 3 nitrogen and oxygen atoms in total. The number of carbonyl (C=O) groups excluding carboxylic acids is 1. The first-order chi connectivity index (χ1) is 8.18. The van der Waals surface area contributed by atoms with E-state index in [0.717, 1.165) is 31.4 Å². The van der Waals surface area contributed by atoms with Gasteiger partial charge in [-0.3, -0.25) is 4.79 Å². The number of aromatic nitrogens is 1. The highest BCUT2D eigenvalue weighted by Gasteiger charge is 2.21. The normalized spacial score (nSPS) is 17.8. The quantitative estimate of drug-likeness (QED) is 0.827.